The molecule has 0 heterocycles. The van der Waals surface area contributed by atoms with Gasteiger partial charge in [0.25, 0.3) is 0 Å². The highest BCUT2D eigenvalue weighted by Gasteiger charge is 2.60. The lowest BCUT2D eigenvalue weighted by Gasteiger charge is -2.61. The minimum atomic E-state index is 0.176. The second-order valence-electron chi connectivity index (χ2n) is 12.6. The van der Waals surface area contributed by atoms with Crippen molar-refractivity contribution in [2.75, 3.05) is 5.32 Å². The van der Waals surface area contributed by atoms with Gasteiger partial charge in [-0.15, -0.1) is 0 Å². The van der Waals surface area contributed by atoms with E-state index in [9.17, 15) is 4.79 Å². The van der Waals surface area contributed by atoms with E-state index in [0.29, 0.717) is 23.2 Å². The second kappa shape index (κ2) is 8.80. The molecule has 0 saturated heterocycles. The smallest absolute Gasteiger partial charge is 0.224 e. The highest BCUT2D eigenvalue weighted by molar-refractivity contribution is 5.90. The first kappa shape index (κ1) is 22.5. The first-order valence-electron chi connectivity index (χ1n) is 13.8. The van der Waals surface area contributed by atoms with Gasteiger partial charge in [-0.25, -0.2) is 0 Å². The molecule has 4 aliphatic rings. The summed E-state index contributed by atoms with van der Waals surface area (Å²) in [4.78, 5) is 12.5. The molecular formula is C30H45NO. The van der Waals surface area contributed by atoms with Gasteiger partial charge in [0.2, 0.25) is 5.91 Å². The number of rotatable bonds is 5. The third kappa shape index (κ3) is 3.84. The van der Waals surface area contributed by atoms with E-state index in [1.165, 1.54) is 64.2 Å². The van der Waals surface area contributed by atoms with E-state index in [1.807, 2.05) is 30.3 Å². The predicted molar refractivity (Wildman–Crippen MR) is 133 cm³/mol. The number of para-hydroxylation sites is 1. The largest absolute Gasteiger partial charge is 0.326 e. The average molecular weight is 436 g/mol. The number of fused-ring (bicyclic) bond motifs is 5. The summed E-state index contributed by atoms with van der Waals surface area (Å²) in [6, 6.07) is 9.91. The lowest BCUT2D eigenvalue weighted by molar-refractivity contribution is -0.118. The van der Waals surface area contributed by atoms with Crippen LogP contribution in [0.5, 0.6) is 0 Å². The third-order valence-electron chi connectivity index (χ3n) is 11.2. The van der Waals surface area contributed by atoms with Gasteiger partial charge in [0, 0.05) is 12.1 Å². The van der Waals surface area contributed by atoms with E-state index < -0.39 is 0 Å². The van der Waals surface area contributed by atoms with Crippen LogP contribution in [0.1, 0.15) is 97.8 Å². The van der Waals surface area contributed by atoms with Crippen LogP contribution in [-0.2, 0) is 4.79 Å². The summed E-state index contributed by atoms with van der Waals surface area (Å²) in [6.45, 7) is 7.79. The van der Waals surface area contributed by atoms with E-state index in [1.54, 1.807) is 0 Å². The maximum absolute atomic E-state index is 12.5. The van der Waals surface area contributed by atoms with E-state index >= 15 is 0 Å². The van der Waals surface area contributed by atoms with E-state index in [-0.39, 0.29) is 5.91 Å². The molecule has 0 aliphatic heterocycles. The Morgan fingerprint density at radius 3 is 2.53 bits per heavy atom. The summed E-state index contributed by atoms with van der Waals surface area (Å²) >= 11 is 0. The molecule has 0 spiro atoms. The quantitative estimate of drug-likeness (QED) is 0.497. The molecule has 2 nitrogen and oxygen atoms in total. The van der Waals surface area contributed by atoms with Crippen molar-refractivity contribution in [1.82, 2.24) is 0 Å². The molecule has 32 heavy (non-hydrogen) atoms. The minimum Gasteiger partial charge on any atom is -0.326 e. The van der Waals surface area contributed by atoms with Crippen LogP contribution in [0.3, 0.4) is 0 Å². The third-order valence-corrected chi connectivity index (χ3v) is 11.2. The summed E-state index contributed by atoms with van der Waals surface area (Å²) in [5.41, 5.74) is 2.07. The van der Waals surface area contributed by atoms with Crippen LogP contribution in [0.25, 0.3) is 0 Å². The van der Waals surface area contributed by atoms with E-state index in [2.05, 4.69) is 26.1 Å². The number of amides is 1. The first-order valence-corrected chi connectivity index (χ1v) is 13.8. The lowest BCUT2D eigenvalue weighted by Crippen LogP contribution is -2.53. The Labute approximate surface area is 196 Å². The Hall–Kier alpha value is -1.31. The summed E-state index contributed by atoms with van der Waals surface area (Å²) < 4.78 is 0. The van der Waals surface area contributed by atoms with Crippen molar-refractivity contribution in [1.29, 1.82) is 0 Å². The average Bonchev–Trinajstić information content (AvgIpc) is 3.15. The molecule has 5 rings (SSSR count). The zero-order valence-electron chi connectivity index (χ0n) is 20.7. The Morgan fingerprint density at radius 2 is 1.72 bits per heavy atom. The van der Waals surface area contributed by atoms with Crippen LogP contribution in [0.2, 0.25) is 0 Å². The normalized spacial score (nSPS) is 41.8. The fourth-order valence-electron chi connectivity index (χ4n) is 9.58. The summed E-state index contributed by atoms with van der Waals surface area (Å²) in [5, 5.41) is 3.08. The van der Waals surface area contributed by atoms with Gasteiger partial charge in [-0.05, 0) is 116 Å². The number of anilines is 1. The summed E-state index contributed by atoms with van der Waals surface area (Å²) in [5.74, 6) is 5.54. The lowest BCUT2D eigenvalue weighted by atomic mass is 9.44. The van der Waals surface area contributed by atoms with Gasteiger partial charge in [0.1, 0.15) is 0 Å². The van der Waals surface area contributed by atoms with Crippen molar-refractivity contribution in [3.63, 3.8) is 0 Å². The number of benzene rings is 1. The van der Waals surface area contributed by atoms with Crippen molar-refractivity contribution >= 4 is 11.6 Å². The molecule has 1 amide bonds. The number of carbonyl (C=O) groups is 1. The molecule has 4 aliphatic carbocycles. The van der Waals surface area contributed by atoms with Crippen LogP contribution < -0.4 is 5.32 Å². The molecule has 4 fully saturated rings. The molecule has 1 N–H and O–H groups in total. The number of carbonyl (C=O) groups excluding carboxylic acids is 1. The van der Waals surface area contributed by atoms with Crippen LogP contribution in [0.4, 0.5) is 5.69 Å². The molecule has 1 aromatic carbocycles. The van der Waals surface area contributed by atoms with E-state index in [0.717, 1.165) is 41.7 Å². The highest BCUT2D eigenvalue weighted by atomic mass is 16.1. The Kier molecular flexibility index (Phi) is 6.18. The fourth-order valence-corrected chi connectivity index (χ4v) is 9.58. The standard InChI is InChI=1S/C30H45NO/c1-21(12-17-28(32)31-23-10-5-4-6-11-23)25-15-16-26-24-14-13-22-9-7-8-19-29(22,2)27(24)18-20-30(25,26)3/h4-6,10-11,21-22,24-27H,7-9,12-20H2,1-3H3,(H,31,32)/t21-,22?,24+,25-,26+,27+,29+,30-/m1/s1. The Balaban J connectivity index is 1.22. The van der Waals surface area contributed by atoms with Gasteiger partial charge in [-0.3, -0.25) is 4.79 Å². The maximum atomic E-state index is 12.5. The monoisotopic (exact) mass is 435 g/mol. The van der Waals surface area contributed by atoms with Gasteiger partial charge in [0.15, 0.2) is 0 Å². The van der Waals surface area contributed by atoms with Crippen LogP contribution >= 0.6 is 0 Å². The van der Waals surface area contributed by atoms with Crippen molar-refractivity contribution in [2.24, 2.45) is 46.3 Å². The predicted octanol–water partition coefficient (Wildman–Crippen LogP) is 8.09. The number of nitrogens with one attached hydrogen (secondary N) is 1. The van der Waals surface area contributed by atoms with Crippen LogP contribution in [-0.4, -0.2) is 5.91 Å². The summed E-state index contributed by atoms with van der Waals surface area (Å²) in [7, 11) is 0. The molecule has 0 radical (unpaired) electrons. The zero-order valence-corrected chi connectivity index (χ0v) is 20.7. The number of hydrogen-bond acceptors (Lipinski definition) is 1. The molecule has 0 bridgehead atoms. The highest BCUT2D eigenvalue weighted by Crippen LogP contribution is 2.68. The Morgan fingerprint density at radius 1 is 0.938 bits per heavy atom. The van der Waals surface area contributed by atoms with Gasteiger partial charge >= 0.3 is 0 Å². The van der Waals surface area contributed by atoms with E-state index in [4.69, 9.17) is 0 Å². The fraction of sp³-hybridized carbons (Fsp3) is 0.767. The minimum absolute atomic E-state index is 0.176. The molecule has 2 heteroatoms. The summed E-state index contributed by atoms with van der Waals surface area (Å²) in [6.07, 6.45) is 16.4. The molecule has 1 unspecified atom stereocenters. The van der Waals surface area contributed by atoms with Crippen molar-refractivity contribution in [3.05, 3.63) is 30.3 Å². The molecule has 4 saturated carbocycles. The van der Waals surface area contributed by atoms with Crippen LogP contribution in [0, 0.1) is 46.3 Å². The van der Waals surface area contributed by atoms with Crippen LogP contribution in [0.15, 0.2) is 30.3 Å². The molecule has 0 aromatic heterocycles. The molecule has 176 valence electrons. The van der Waals surface area contributed by atoms with Gasteiger partial charge in [0.05, 0.1) is 0 Å². The Bertz CT molecular complexity index is 804. The molecular weight excluding hydrogens is 390 g/mol. The van der Waals surface area contributed by atoms with Gasteiger partial charge in [-0.2, -0.15) is 0 Å². The first-order chi connectivity index (χ1) is 15.4. The SMILES string of the molecule is C[C@H](CCC(=O)Nc1ccccc1)[C@H]1CC[C@H]2[C@@H]3CCC4CCCC[C@]4(C)[C@H]3CC[C@]12C. The van der Waals surface area contributed by atoms with Crippen molar-refractivity contribution in [2.45, 2.75) is 97.8 Å². The van der Waals surface area contributed by atoms with Crippen molar-refractivity contribution < 1.29 is 4.79 Å². The van der Waals surface area contributed by atoms with Gasteiger partial charge < -0.3 is 5.32 Å². The maximum Gasteiger partial charge on any atom is 0.224 e. The molecule has 8 atom stereocenters. The molecule has 1 aromatic rings. The zero-order chi connectivity index (χ0) is 22.3. The number of hydrogen-bond donors (Lipinski definition) is 1. The van der Waals surface area contributed by atoms with Crippen molar-refractivity contribution in [3.8, 4) is 0 Å². The second-order valence-corrected chi connectivity index (χ2v) is 12.6. The topological polar surface area (TPSA) is 29.1 Å². The van der Waals surface area contributed by atoms with Gasteiger partial charge in [-0.1, -0.05) is 51.8 Å².